The molecule has 1 heterocycles. The number of methoxy groups -OCH3 is 3. The Morgan fingerprint density at radius 2 is 1.87 bits per heavy atom. The number of nitrogens with zero attached hydrogens (tertiary/aromatic N) is 1. The molecule has 1 aromatic heterocycles. The Bertz CT molecular complexity index is 740. The van der Waals surface area contributed by atoms with E-state index in [1.165, 1.54) is 21.3 Å². The number of carbonyl (C=O) groups is 1. The fourth-order valence-electron chi connectivity index (χ4n) is 1.95. The van der Waals surface area contributed by atoms with Crippen LogP contribution in [0.15, 0.2) is 28.7 Å². The fraction of sp³-hybridized carbons (Fsp3) is 0.200. The van der Waals surface area contributed by atoms with Crippen LogP contribution < -0.4 is 19.5 Å². The highest BCUT2D eigenvalue weighted by molar-refractivity contribution is 9.10. The van der Waals surface area contributed by atoms with Crippen LogP contribution in [0.3, 0.4) is 0 Å². The molecular weight excluding hydrogens is 388 g/mol. The molecule has 0 unspecified atom stereocenters. The minimum atomic E-state index is -0.397. The molecular formula is C15H14BrClN2O4. The van der Waals surface area contributed by atoms with Gasteiger partial charge in [0.2, 0.25) is 5.75 Å². The Hall–Kier alpha value is -1.99. The lowest BCUT2D eigenvalue weighted by Crippen LogP contribution is -2.14. The number of aromatic nitrogens is 1. The Morgan fingerprint density at radius 3 is 2.43 bits per heavy atom. The van der Waals surface area contributed by atoms with E-state index in [0.717, 1.165) is 0 Å². The van der Waals surface area contributed by atoms with E-state index in [2.05, 4.69) is 26.2 Å². The molecule has 0 fully saturated rings. The van der Waals surface area contributed by atoms with Gasteiger partial charge >= 0.3 is 0 Å². The van der Waals surface area contributed by atoms with E-state index in [-0.39, 0.29) is 5.15 Å². The summed E-state index contributed by atoms with van der Waals surface area (Å²) in [6.45, 7) is 0. The van der Waals surface area contributed by atoms with Crippen LogP contribution in [0.4, 0.5) is 5.82 Å². The van der Waals surface area contributed by atoms with E-state index in [9.17, 15) is 4.79 Å². The summed E-state index contributed by atoms with van der Waals surface area (Å²) in [7, 11) is 4.44. The molecule has 0 spiro atoms. The Balaban J connectivity index is 2.44. The molecule has 6 nitrogen and oxygen atoms in total. The third-order valence-electron chi connectivity index (χ3n) is 2.97. The zero-order valence-electron chi connectivity index (χ0n) is 12.6. The van der Waals surface area contributed by atoms with E-state index in [1.807, 2.05) is 0 Å². The number of nitrogens with one attached hydrogen (secondary N) is 1. The second kappa shape index (κ2) is 7.52. The van der Waals surface area contributed by atoms with Crippen LogP contribution in [0.5, 0.6) is 17.2 Å². The van der Waals surface area contributed by atoms with Crippen LogP contribution in [0.25, 0.3) is 0 Å². The highest BCUT2D eigenvalue weighted by Crippen LogP contribution is 2.44. The van der Waals surface area contributed by atoms with Gasteiger partial charge in [-0.1, -0.05) is 17.7 Å². The second-order valence-electron chi connectivity index (χ2n) is 4.31. The number of pyridine rings is 1. The summed E-state index contributed by atoms with van der Waals surface area (Å²) in [4.78, 5) is 16.5. The quantitative estimate of drug-likeness (QED) is 0.772. The van der Waals surface area contributed by atoms with Crippen molar-refractivity contribution in [2.75, 3.05) is 26.6 Å². The molecule has 0 saturated carbocycles. The summed E-state index contributed by atoms with van der Waals surface area (Å²) >= 11 is 9.17. The first kappa shape index (κ1) is 17.4. The van der Waals surface area contributed by atoms with E-state index < -0.39 is 5.91 Å². The summed E-state index contributed by atoms with van der Waals surface area (Å²) in [5.41, 5.74) is 0.307. The largest absolute Gasteiger partial charge is 0.493 e. The molecule has 0 saturated heterocycles. The molecule has 0 bridgehead atoms. The van der Waals surface area contributed by atoms with Gasteiger partial charge in [-0.3, -0.25) is 4.79 Å². The molecule has 0 atom stereocenters. The molecule has 0 aliphatic rings. The van der Waals surface area contributed by atoms with Gasteiger partial charge in [0.15, 0.2) is 11.5 Å². The normalized spacial score (nSPS) is 10.1. The number of ether oxygens (including phenoxy) is 3. The van der Waals surface area contributed by atoms with Gasteiger partial charge in [0.1, 0.15) is 11.0 Å². The third kappa shape index (κ3) is 3.68. The number of benzene rings is 1. The summed E-state index contributed by atoms with van der Waals surface area (Å²) in [6, 6.07) is 6.49. The van der Waals surface area contributed by atoms with Gasteiger partial charge in [0.25, 0.3) is 5.91 Å². The molecule has 8 heteroatoms. The van der Waals surface area contributed by atoms with E-state index in [4.69, 9.17) is 25.8 Å². The number of amides is 1. The molecule has 0 aliphatic heterocycles. The highest BCUT2D eigenvalue weighted by atomic mass is 79.9. The number of rotatable bonds is 5. The summed E-state index contributed by atoms with van der Waals surface area (Å²) < 4.78 is 16.3. The molecule has 0 aliphatic carbocycles. The number of carbonyl (C=O) groups excluding carboxylic acids is 1. The zero-order chi connectivity index (χ0) is 17.0. The van der Waals surface area contributed by atoms with Gasteiger partial charge in [-0.15, -0.1) is 0 Å². The van der Waals surface area contributed by atoms with Gasteiger partial charge in [-0.05, 0) is 34.1 Å². The van der Waals surface area contributed by atoms with Crippen molar-refractivity contribution < 1.29 is 19.0 Å². The maximum absolute atomic E-state index is 12.5. The lowest BCUT2D eigenvalue weighted by Gasteiger charge is -2.16. The first-order valence-electron chi connectivity index (χ1n) is 6.44. The Morgan fingerprint density at radius 1 is 1.17 bits per heavy atom. The van der Waals surface area contributed by atoms with Crippen molar-refractivity contribution in [1.29, 1.82) is 0 Å². The maximum atomic E-state index is 12.5. The van der Waals surface area contributed by atoms with Crippen molar-refractivity contribution >= 4 is 39.3 Å². The molecule has 1 N–H and O–H groups in total. The molecule has 1 amide bonds. The topological polar surface area (TPSA) is 69.7 Å². The van der Waals surface area contributed by atoms with Crippen LogP contribution >= 0.6 is 27.5 Å². The predicted octanol–water partition coefficient (Wildman–Crippen LogP) is 3.78. The zero-order valence-corrected chi connectivity index (χ0v) is 15.0. The van der Waals surface area contributed by atoms with E-state index in [1.54, 1.807) is 24.3 Å². The van der Waals surface area contributed by atoms with Gasteiger partial charge in [-0.25, -0.2) is 4.98 Å². The first-order valence-corrected chi connectivity index (χ1v) is 7.61. The minimum absolute atomic E-state index is 0.284. The Kier molecular flexibility index (Phi) is 5.68. The second-order valence-corrected chi connectivity index (χ2v) is 5.49. The molecule has 2 aromatic rings. The smallest absolute Gasteiger partial charge is 0.258 e. The van der Waals surface area contributed by atoms with E-state index >= 15 is 0 Å². The average molecular weight is 402 g/mol. The van der Waals surface area contributed by atoms with Crippen molar-refractivity contribution in [2.45, 2.75) is 0 Å². The van der Waals surface area contributed by atoms with Crippen molar-refractivity contribution in [3.8, 4) is 17.2 Å². The van der Waals surface area contributed by atoms with Gasteiger partial charge in [0.05, 0.1) is 31.4 Å². The summed E-state index contributed by atoms with van der Waals surface area (Å²) in [5, 5.41) is 2.95. The fourth-order valence-corrected chi connectivity index (χ4v) is 2.75. The molecule has 2 rings (SSSR count). The molecule has 23 heavy (non-hydrogen) atoms. The van der Waals surface area contributed by atoms with Crippen LogP contribution in [0.2, 0.25) is 5.15 Å². The van der Waals surface area contributed by atoms with Crippen molar-refractivity contribution in [1.82, 2.24) is 4.98 Å². The SMILES string of the molecule is COc1cc(C(=O)Nc2cccc(Cl)n2)c(Br)c(OC)c1OC. The summed E-state index contributed by atoms with van der Waals surface area (Å²) in [5.74, 6) is 1.06. The van der Waals surface area contributed by atoms with Gasteiger partial charge in [-0.2, -0.15) is 0 Å². The van der Waals surface area contributed by atoms with Crippen LogP contribution in [0, 0.1) is 0 Å². The monoisotopic (exact) mass is 400 g/mol. The minimum Gasteiger partial charge on any atom is -0.493 e. The number of halogens is 2. The number of hydrogen-bond acceptors (Lipinski definition) is 5. The third-order valence-corrected chi connectivity index (χ3v) is 3.97. The number of hydrogen-bond donors (Lipinski definition) is 1. The molecule has 122 valence electrons. The van der Waals surface area contributed by atoms with Crippen molar-refractivity contribution in [2.24, 2.45) is 0 Å². The van der Waals surface area contributed by atoms with Crippen molar-refractivity contribution in [3.63, 3.8) is 0 Å². The Labute approximate surface area is 146 Å². The van der Waals surface area contributed by atoms with Crippen molar-refractivity contribution in [3.05, 3.63) is 39.5 Å². The first-order chi connectivity index (χ1) is 11.0. The molecule has 0 radical (unpaired) electrons. The lowest BCUT2D eigenvalue weighted by molar-refractivity contribution is 0.102. The standard InChI is InChI=1S/C15H14BrClN2O4/c1-21-9-7-8(12(16)14(23-3)13(9)22-2)15(20)19-11-6-4-5-10(17)18-11/h4-7H,1-3H3,(H,18,19,20). The van der Waals surface area contributed by atoms with Gasteiger partial charge < -0.3 is 19.5 Å². The molecule has 1 aromatic carbocycles. The highest BCUT2D eigenvalue weighted by Gasteiger charge is 2.23. The number of anilines is 1. The lowest BCUT2D eigenvalue weighted by atomic mass is 10.1. The maximum Gasteiger partial charge on any atom is 0.258 e. The average Bonchev–Trinajstić information content (AvgIpc) is 2.54. The summed E-state index contributed by atoms with van der Waals surface area (Å²) in [6.07, 6.45) is 0. The van der Waals surface area contributed by atoms with E-state index in [0.29, 0.717) is 33.1 Å². The van der Waals surface area contributed by atoms with Crippen LogP contribution in [-0.2, 0) is 0 Å². The van der Waals surface area contributed by atoms with Crippen LogP contribution in [-0.4, -0.2) is 32.2 Å². The van der Waals surface area contributed by atoms with Crippen LogP contribution in [0.1, 0.15) is 10.4 Å². The van der Waals surface area contributed by atoms with Gasteiger partial charge in [0, 0.05) is 0 Å². The predicted molar refractivity (Wildman–Crippen MR) is 91.0 cm³/mol.